The lowest BCUT2D eigenvalue weighted by Gasteiger charge is -2.36. The molecule has 0 spiro atoms. The standard InChI is InChI=1S/C38H52N8O5S.C33H40ClN7O6S.C32H42N6O4S/c1-26(2)50-35-21-28(5)31(34-22-30(43-51-34)25-46-15-13-44(14-16-46)11-12-45-17-19-49-20-18-45)23-33(35)41-38-39-24-29(6)37(42-38)40-32-9-7-8-10-36(32)52(47,48)27(3)4;1-20(2)46-29-16-22(5)23(28-18-27(40-47-28)32(42)35-10-11-41-12-14-45-15-13-41)17-26(29)38-33-36-19-24(34)31(39-33)37-25-8-6-7-9-30(25)48(43,44)21(3)4;1-9-38(10-2)19-24-16-28(42-37-24)25-17-27(29(15-22(25)7)41-20(3)4)35-32-33-18-23(8)31(36-32)34-26-13-11-12-14-30(26)43(39,40)21(5)6/h7-10,21-24,26-27H,11-20,25H2,1-6H3,(H2,39,40,41,42);6-9,16-21H,10-15H2,1-5H3,(H,35,42)(H2,36,37,38,39);11-18,20-21H,9-10,19H2,1-8H3,(H2,33,34,35,36). The van der Waals surface area contributed by atoms with E-state index in [9.17, 15) is 30.0 Å². The number of carbonyl (C=O) groups excluding carboxylic acids is 1. The van der Waals surface area contributed by atoms with E-state index >= 15 is 0 Å². The molecule has 6 aromatic carbocycles. The number of nitrogens with one attached hydrogen (secondary N) is 7. The molecular formula is C103H134ClN21O15S3. The monoisotopic (exact) mass is 2040 g/mol. The Morgan fingerprint density at radius 2 is 0.755 bits per heavy atom. The van der Waals surface area contributed by atoms with E-state index in [-0.39, 0.29) is 61.4 Å². The average Bonchev–Trinajstić information content (AvgIpc) is 1.28. The first-order valence-electron chi connectivity index (χ1n) is 48.5. The number of amides is 1. The number of piperazine rings is 1. The highest BCUT2D eigenvalue weighted by molar-refractivity contribution is 7.92. The second-order valence-electron chi connectivity index (χ2n) is 37.0. The maximum atomic E-state index is 13.1. The summed E-state index contributed by atoms with van der Waals surface area (Å²) in [7, 11) is -10.6. The van der Waals surface area contributed by atoms with Crippen molar-refractivity contribution in [2.24, 2.45) is 0 Å². The van der Waals surface area contributed by atoms with Crippen molar-refractivity contribution in [3.05, 3.63) is 196 Å². The second-order valence-corrected chi connectivity index (χ2v) is 44.9. The molecule has 1 amide bonds. The van der Waals surface area contributed by atoms with Crippen molar-refractivity contribution in [3.63, 3.8) is 0 Å². The smallest absolute Gasteiger partial charge is 0.273 e. The lowest BCUT2D eigenvalue weighted by molar-refractivity contribution is 0.0296. The summed E-state index contributed by atoms with van der Waals surface area (Å²) in [6.45, 7) is 53.1. The Labute approximate surface area is 844 Å². The molecule has 0 bridgehead atoms. The number of benzene rings is 6. The van der Waals surface area contributed by atoms with Crippen LogP contribution in [-0.4, -0.2) is 253 Å². The minimum absolute atomic E-state index is 0.0627. The number of hydrogen-bond acceptors (Lipinski definition) is 35. The van der Waals surface area contributed by atoms with E-state index in [1.807, 2.05) is 125 Å². The van der Waals surface area contributed by atoms with E-state index in [0.29, 0.717) is 124 Å². The highest BCUT2D eigenvalue weighted by Gasteiger charge is 2.31. The predicted octanol–water partition coefficient (Wildman–Crippen LogP) is 18.3. The molecule has 0 atom stereocenters. The van der Waals surface area contributed by atoms with Crippen molar-refractivity contribution in [3.8, 4) is 51.2 Å². The summed E-state index contributed by atoms with van der Waals surface area (Å²) < 4.78 is 125. The van der Waals surface area contributed by atoms with Gasteiger partial charge in [-0.1, -0.05) is 77.3 Å². The molecule has 9 heterocycles. The van der Waals surface area contributed by atoms with E-state index in [2.05, 4.69) is 111 Å². The lowest BCUT2D eigenvalue weighted by Crippen LogP contribution is -2.49. The second kappa shape index (κ2) is 49.3. The van der Waals surface area contributed by atoms with Gasteiger partial charge >= 0.3 is 0 Å². The minimum Gasteiger partial charge on any atom is -0.489 e. The van der Waals surface area contributed by atoms with E-state index in [0.717, 1.165) is 155 Å². The van der Waals surface area contributed by atoms with Crippen molar-refractivity contribution in [1.82, 2.24) is 75.2 Å². The third kappa shape index (κ3) is 28.7. The number of para-hydroxylation sites is 3. The molecule has 3 aliphatic rings. The maximum absolute atomic E-state index is 13.1. The van der Waals surface area contributed by atoms with Crippen molar-refractivity contribution in [1.29, 1.82) is 0 Å². The van der Waals surface area contributed by atoms with Crippen LogP contribution in [0.3, 0.4) is 0 Å². The van der Waals surface area contributed by atoms with Crippen LogP contribution in [0.2, 0.25) is 5.02 Å². The number of halogens is 1. The van der Waals surface area contributed by atoms with Gasteiger partial charge in [0.1, 0.15) is 33.9 Å². The molecule has 0 unspecified atom stereocenters. The molecule has 766 valence electrons. The van der Waals surface area contributed by atoms with Gasteiger partial charge in [0, 0.05) is 150 Å². The number of anilines is 12. The molecular weight excluding hydrogens is 1900 g/mol. The molecule has 0 saturated carbocycles. The number of hydrogen-bond donors (Lipinski definition) is 7. The Morgan fingerprint density at radius 1 is 0.406 bits per heavy atom. The Balaban J connectivity index is 0.000000181. The number of aromatic nitrogens is 9. The van der Waals surface area contributed by atoms with Crippen LogP contribution in [0.5, 0.6) is 17.2 Å². The van der Waals surface area contributed by atoms with E-state index in [4.69, 9.17) is 58.8 Å². The molecule has 3 fully saturated rings. The fraction of sp³-hybridized carbons (Fsp3) is 0.437. The van der Waals surface area contributed by atoms with Gasteiger partial charge in [0.25, 0.3) is 5.91 Å². The van der Waals surface area contributed by atoms with Crippen LogP contribution in [0, 0.1) is 34.6 Å². The summed E-state index contributed by atoms with van der Waals surface area (Å²) in [4.78, 5) is 52.8. The summed E-state index contributed by atoms with van der Waals surface area (Å²) in [5.74, 6) is 5.22. The van der Waals surface area contributed by atoms with E-state index < -0.39 is 45.3 Å². The van der Waals surface area contributed by atoms with Crippen LogP contribution >= 0.6 is 11.6 Å². The van der Waals surface area contributed by atoms with Crippen molar-refractivity contribution >= 4 is 116 Å². The Hall–Kier alpha value is -12.3. The quantitative estimate of drug-likeness (QED) is 0.0187. The van der Waals surface area contributed by atoms with Gasteiger partial charge in [-0.15, -0.1) is 0 Å². The fourth-order valence-electron chi connectivity index (χ4n) is 15.9. The molecule has 3 saturated heterocycles. The summed E-state index contributed by atoms with van der Waals surface area (Å²) in [6.07, 6.45) is 4.52. The zero-order valence-corrected chi connectivity index (χ0v) is 88.2. The number of aryl methyl sites for hydroxylation is 5. The molecule has 6 aromatic heterocycles. The van der Waals surface area contributed by atoms with Crippen LogP contribution in [0.4, 0.5) is 69.4 Å². The number of ether oxygens (including phenoxy) is 5. The van der Waals surface area contributed by atoms with Gasteiger partial charge < -0.3 is 74.5 Å². The Bertz CT molecular complexity index is 6700. The van der Waals surface area contributed by atoms with Gasteiger partial charge in [0.15, 0.2) is 58.3 Å². The van der Waals surface area contributed by atoms with Crippen LogP contribution in [-0.2, 0) is 52.1 Å². The molecule has 143 heavy (non-hydrogen) atoms. The molecule has 3 aliphatic heterocycles. The third-order valence-corrected chi connectivity index (χ3v) is 31.0. The summed E-state index contributed by atoms with van der Waals surface area (Å²) >= 11 is 6.45. The predicted molar refractivity (Wildman–Crippen MR) is 559 cm³/mol. The fourth-order valence-corrected chi connectivity index (χ4v) is 19.6. The van der Waals surface area contributed by atoms with Gasteiger partial charge in [-0.3, -0.25) is 29.3 Å². The highest BCUT2D eigenvalue weighted by Crippen LogP contribution is 2.43. The molecule has 7 N–H and O–H groups in total. The first-order chi connectivity index (χ1) is 68.3. The van der Waals surface area contributed by atoms with Gasteiger partial charge in [0.2, 0.25) is 17.8 Å². The SMILES string of the molecule is CCN(CC)Cc1cc(-c2cc(Nc3ncc(C)c(Nc4ccccc4S(=O)(=O)C(C)C)n3)c(OC(C)C)cc2C)on1.Cc1cc(OC(C)C)c(Nc2ncc(C)c(Nc3ccccc3S(=O)(=O)C(C)C)n2)cc1-c1cc(CN2CCN(CCN3CCOCC3)CC2)no1.Cc1cc(OC(C)C)c(Nc2ncc(Cl)c(Nc3ccccc3S(=O)(=O)C(C)C)n2)cc1-c1cc(C(=O)NCCN2CCOCC2)no1. The van der Waals surface area contributed by atoms with Crippen molar-refractivity contribution < 1.29 is 67.3 Å². The molecule has 40 heteroatoms. The Morgan fingerprint density at radius 3 is 1.16 bits per heavy atom. The van der Waals surface area contributed by atoms with Crippen LogP contribution in [0.1, 0.15) is 147 Å². The topological polar surface area (TPSA) is 421 Å². The molecule has 36 nitrogen and oxygen atoms in total. The lowest BCUT2D eigenvalue weighted by atomic mass is 10.0. The van der Waals surface area contributed by atoms with Gasteiger partial charge in [-0.25, -0.2) is 40.2 Å². The highest BCUT2D eigenvalue weighted by atomic mass is 35.5. The van der Waals surface area contributed by atoms with E-state index in [1.165, 1.54) is 6.20 Å². The summed E-state index contributed by atoms with van der Waals surface area (Å²) in [5, 5.41) is 33.5. The number of morpholine rings is 2. The number of sulfone groups is 3. The average molecular weight is 2040 g/mol. The summed E-state index contributed by atoms with van der Waals surface area (Å²) in [6, 6.07) is 37.4. The van der Waals surface area contributed by atoms with Gasteiger partial charge in [-0.05, 0) is 220 Å². The zero-order chi connectivity index (χ0) is 103. The van der Waals surface area contributed by atoms with Crippen LogP contribution in [0.25, 0.3) is 34.0 Å². The molecule has 12 aromatic rings. The molecule has 15 rings (SSSR count). The van der Waals surface area contributed by atoms with Crippen LogP contribution in [0.15, 0.2) is 174 Å². The number of carbonyl (C=O) groups is 1. The third-order valence-electron chi connectivity index (χ3n) is 24.1. The maximum Gasteiger partial charge on any atom is 0.273 e. The van der Waals surface area contributed by atoms with Gasteiger partial charge in [-0.2, -0.15) is 15.0 Å². The first kappa shape index (κ1) is 108. The number of rotatable bonds is 40. The van der Waals surface area contributed by atoms with Crippen molar-refractivity contribution in [2.45, 2.75) is 193 Å². The number of nitrogens with zero attached hydrogens (tertiary/aromatic N) is 14. The van der Waals surface area contributed by atoms with Crippen molar-refractivity contribution in [2.75, 3.05) is 150 Å². The van der Waals surface area contributed by atoms with Crippen LogP contribution < -0.4 is 51.4 Å². The summed E-state index contributed by atoms with van der Waals surface area (Å²) in [5.41, 5.74) is 11.7. The largest absolute Gasteiger partial charge is 0.489 e. The molecule has 0 radical (unpaired) electrons. The van der Waals surface area contributed by atoms with Gasteiger partial charge in [0.05, 0.1) is 127 Å². The molecule has 0 aliphatic carbocycles. The van der Waals surface area contributed by atoms with E-state index in [1.54, 1.807) is 133 Å². The Kier molecular flexibility index (Phi) is 37.3. The zero-order valence-electron chi connectivity index (χ0n) is 85.0. The normalized spacial score (nSPS) is 14.2. The minimum atomic E-state index is -3.59. The first-order valence-corrected chi connectivity index (χ1v) is 53.5.